The molecule has 0 bridgehead atoms. The second-order valence-corrected chi connectivity index (χ2v) is 4.47. The Bertz CT molecular complexity index is 580. The normalized spacial score (nSPS) is 10.3. The summed E-state index contributed by atoms with van der Waals surface area (Å²) in [5, 5.41) is 19.3. The zero-order valence-electron chi connectivity index (χ0n) is 11.8. The highest BCUT2D eigenvalue weighted by atomic mass is 16.5. The molecule has 7 heteroatoms. The number of aromatic nitrogens is 3. The van der Waals surface area contributed by atoms with Gasteiger partial charge in [0.05, 0.1) is 19.3 Å². The Morgan fingerprint density at radius 1 is 1.38 bits per heavy atom. The minimum absolute atomic E-state index is 0.0487. The number of carboxylic acids is 1. The van der Waals surface area contributed by atoms with Gasteiger partial charge >= 0.3 is 5.97 Å². The lowest BCUT2D eigenvalue weighted by molar-refractivity contribution is 0.0690. The number of nitrogens with zero attached hydrogens (tertiary/aromatic N) is 3. The number of carboxylic acid groups (broad SMARTS) is 1. The van der Waals surface area contributed by atoms with Crippen molar-refractivity contribution in [2.75, 3.05) is 18.5 Å². The number of ether oxygens (including phenoxy) is 1. The van der Waals surface area contributed by atoms with Gasteiger partial charge in [-0.15, -0.1) is 5.10 Å². The summed E-state index contributed by atoms with van der Waals surface area (Å²) in [7, 11) is 0. The molecular weight excluding hydrogens is 272 g/mol. The van der Waals surface area contributed by atoms with Crippen LogP contribution in [0.3, 0.4) is 0 Å². The third kappa shape index (κ3) is 4.48. The van der Waals surface area contributed by atoms with Gasteiger partial charge in [-0.05, 0) is 30.7 Å². The van der Waals surface area contributed by atoms with E-state index in [4.69, 9.17) is 9.84 Å². The molecule has 1 aromatic heterocycles. The van der Waals surface area contributed by atoms with Gasteiger partial charge < -0.3 is 15.2 Å². The standard InChI is InChI=1S/C14H18N4O3/c1-2-9-21-12-5-3-11(4-6-12)15-7-8-18-10-13(14(19)20)16-17-18/h3-6,10,15H,2,7-9H2,1H3,(H,19,20). The average molecular weight is 290 g/mol. The molecule has 0 radical (unpaired) electrons. The lowest BCUT2D eigenvalue weighted by Gasteiger charge is -2.08. The first kappa shape index (κ1) is 14.8. The molecule has 0 spiro atoms. The van der Waals surface area contributed by atoms with Crippen LogP contribution in [-0.4, -0.2) is 39.2 Å². The van der Waals surface area contributed by atoms with Gasteiger partial charge in [-0.1, -0.05) is 12.1 Å². The van der Waals surface area contributed by atoms with E-state index in [1.807, 2.05) is 24.3 Å². The first-order chi connectivity index (χ1) is 10.2. The number of rotatable bonds is 8. The molecule has 0 aliphatic carbocycles. The molecule has 0 aliphatic rings. The van der Waals surface area contributed by atoms with E-state index in [2.05, 4.69) is 22.6 Å². The molecule has 0 unspecified atom stereocenters. The van der Waals surface area contributed by atoms with E-state index in [1.54, 1.807) is 0 Å². The number of hydrogen-bond acceptors (Lipinski definition) is 5. The monoisotopic (exact) mass is 290 g/mol. The van der Waals surface area contributed by atoms with Crippen molar-refractivity contribution >= 4 is 11.7 Å². The molecule has 7 nitrogen and oxygen atoms in total. The van der Waals surface area contributed by atoms with E-state index in [0.717, 1.165) is 17.9 Å². The van der Waals surface area contributed by atoms with Crippen LogP contribution in [0.5, 0.6) is 5.75 Å². The second kappa shape index (κ2) is 7.28. The molecule has 0 aliphatic heterocycles. The predicted molar refractivity (Wildman–Crippen MR) is 77.7 cm³/mol. The quantitative estimate of drug-likeness (QED) is 0.771. The maximum absolute atomic E-state index is 10.7. The first-order valence-corrected chi connectivity index (χ1v) is 6.79. The van der Waals surface area contributed by atoms with Crippen LogP contribution in [0.25, 0.3) is 0 Å². The Morgan fingerprint density at radius 2 is 2.14 bits per heavy atom. The van der Waals surface area contributed by atoms with E-state index in [-0.39, 0.29) is 5.69 Å². The largest absolute Gasteiger partial charge is 0.494 e. The summed E-state index contributed by atoms with van der Waals surface area (Å²) >= 11 is 0. The van der Waals surface area contributed by atoms with Gasteiger partial charge in [0.25, 0.3) is 0 Å². The summed E-state index contributed by atoms with van der Waals surface area (Å²) in [5.41, 5.74) is 0.921. The fourth-order valence-corrected chi connectivity index (χ4v) is 1.71. The SMILES string of the molecule is CCCOc1ccc(NCCn2cc(C(=O)O)nn2)cc1. The minimum atomic E-state index is -1.07. The molecule has 0 atom stereocenters. The maximum atomic E-state index is 10.7. The summed E-state index contributed by atoms with van der Waals surface area (Å²) in [4.78, 5) is 10.7. The fraction of sp³-hybridized carbons (Fsp3) is 0.357. The number of hydrogen-bond donors (Lipinski definition) is 2. The highest BCUT2D eigenvalue weighted by molar-refractivity contribution is 5.84. The Hall–Kier alpha value is -2.57. The smallest absolute Gasteiger partial charge is 0.358 e. The molecule has 112 valence electrons. The fourth-order valence-electron chi connectivity index (χ4n) is 1.71. The van der Waals surface area contributed by atoms with Gasteiger partial charge in [0.2, 0.25) is 0 Å². The summed E-state index contributed by atoms with van der Waals surface area (Å²) in [5.74, 6) is -0.221. The number of anilines is 1. The van der Waals surface area contributed by atoms with Crippen molar-refractivity contribution in [3.05, 3.63) is 36.2 Å². The number of nitrogens with one attached hydrogen (secondary N) is 1. The van der Waals surface area contributed by atoms with Crippen LogP contribution >= 0.6 is 0 Å². The molecule has 0 saturated carbocycles. The average Bonchev–Trinajstić information content (AvgIpc) is 2.95. The van der Waals surface area contributed by atoms with E-state index in [9.17, 15) is 4.79 Å². The van der Waals surface area contributed by atoms with Gasteiger partial charge in [0, 0.05) is 12.2 Å². The Labute approximate surface area is 122 Å². The highest BCUT2D eigenvalue weighted by Crippen LogP contribution is 2.15. The van der Waals surface area contributed by atoms with Crippen molar-refractivity contribution < 1.29 is 14.6 Å². The minimum Gasteiger partial charge on any atom is -0.494 e. The molecule has 0 fully saturated rings. The van der Waals surface area contributed by atoms with Crippen LogP contribution in [-0.2, 0) is 6.54 Å². The van der Waals surface area contributed by atoms with Crippen LogP contribution in [0.15, 0.2) is 30.5 Å². The van der Waals surface area contributed by atoms with Gasteiger partial charge in [-0.2, -0.15) is 0 Å². The molecule has 2 rings (SSSR count). The van der Waals surface area contributed by atoms with Crippen LogP contribution < -0.4 is 10.1 Å². The summed E-state index contributed by atoms with van der Waals surface area (Å²) in [6.07, 6.45) is 2.39. The van der Waals surface area contributed by atoms with Crippen molar-refractivity contribution in [2.45, 2.75) is 19.9 Å². The lowest BCUT2D eigenvalue weighted by atomic mass is 10.3. The molecule has 0 amide bonds. The Morgan fingerprint density at radius 3 is 2.76 bits per heavy atom. The van der Waals surface area contributed by atoms with Gasteiger partial charge in [0.15, 0.2) is 5.69 Å². The molecule has 2 aromatic rings. The lowest BCUT2D eigenvalue weighted by Crippen LogP contribution is -2.11. The van der Waals surface area contributed by atoms with Crippen LogP contribution in [0.2, 0.25) is 0 Å². The van der Waals surface area contributed by atoms with E-state index in [0.29, 0.717) is 19.7 Å². The first-order valence-electron chi connectivity index (χ1n) is 6.79. The Kier molecular flexibility index (Phi) is 5.14. The summed E-state index contributed by atoms with van der Waals surface area (Å²) in [6, 6.07) is 7.70. The number of benzene rings is 1. The zero-order valence-corrected chi connectivity index (χ0v) is 11.8. The molecular formula is C14H18N4O3. The topological polar surface area (TPSA) is 89.3 Å². The molecule has 0 saturated heterocycles. The van der Waals surface area contributed by atoms with E-state index < -0.39 is 5.97 Å². The third-order valence-electron chi connectivity index (χ3n) is 2.75. The molecule has 2 N–H and O–H groups in total. The number of aromatic carboxylic acids is 1. The number of carbonyl (C=O) groups is 1. The van der Waals surface area contributed by atoms with Crippen molar-refractivity contribution in [3.8, 4) is 5.75 Å². The Balaban J connectivity index is 1.78. The van der Waals surface area contributed by atoms with Crippen molar-refractivity contribution in [1.29, 1.82) is 0 Å². The van der Waals surface area contributed by atoms with Crippen LogP contribution in [0, 0.1) is 0 Å². The zero-order chi connectivity index (χ0) is 15.1. The third-order valence-corrected chi connectivity index (χ3v) is 2.75. The van der Waals surface area contributed by atoms with Crippen molar-refractivity contribution in [1.82, 2.24) is 15.0 Å². The predicted octanol–water partition coefficient (Wildman–Crippen LogP) is 1.88. The van der Waals surface area contributed by atoms with Gasteiger partial charge in [0.1, 0.15) is 5.75 Å². The van der Waals surface area contributed by atoms with Crippen LogP contribution in [0.4, 0.5) is 5.69 Å². The van der Waals surface area contributed by atoms with Crippen molar-refractivity contribution in [2.24, 2.45) is 0 Å². The highest BCUT2D eigenvalue weighted by Gasteiger charge is 2.07. The van der Waals surface area contributed by atoms with Gasteiger partial charge in [-0.25, -0.2) is 9.48 Å². The maximum Gasteiger partial charge on any atom is 0.358 e. The van der Waals surface area contributed by atoms with E-state index in [1.165, 1.54) is 10.9 Å². The molecule has 1 heterocycles. The van der Waals surface area contributed by atoms with E-state index >= 15 is 0 Å². The summed E-state index contributed by atoms with van der Waals surface area (Å²) in [6.45, 7) is 3.94. The van der Waals surface area contributed by atoms with Crippen LogP contribution in [0.1, 0.15) is 23.8 Å². The molecule has 1 aromatic carbocycles. The molecule has 21 heavy (non-hydrogen) atoms. The second-order valence-electron chi connectivity index (χ2n) is 4.47. The van der Waals surface area contributed by atoms with Crippen molar-refractivity contribution in [3.63, 3.8) is 0 Å². The summed E-state index contributed by atoms with van der Waals surface area (Å²) < 4.78 is 7.00. The van der Waals surface area contributed by atoms with Gasteiger partial charge in [-0.3, -0.25) is 0 Å².